The van der Waals surface area contributed by atoms with Crippen LogP contribution in [0.2, 0.25) is 0 Å². The van der Waals surface area contributed by atoms with Gasteiger partial charge in [0.05, 0.1) is 0 Å². The molecule has 2 unspecified atom stereocenters. The number of amides is 1. The number of carboxylic acids is 1. The number of nitrogens with one attached hydrogen (secondary N) is 2. The summed E-state index contributed by atoms with van der Waals surface area (Å²) in [6, 6.07) is 15.1. The van der Waals surface area contributed by atoms with Gasteiger partial charge in [0.1, 0.15) is 6.04 Å². The summed E-state index contributed by atoms with van der Waals surface area (Å²) >= 11 is 0. The van der Waals surface area contributed by atoms with Crippen molar-refractivity contribution < 1.29 is 14.7 Å². The molecule has 5 nitrogen and oxygen atoms in total. The first-order chi connectivity index (χ1) is 13.6. The molecule has 144 valence electrons. The van der Waals surface area contributed by atoms with Crippen LogP contribution in [0.25, 0.3) is 10.9 Å². The van der Waals surface area contributed by atoms with Crippen molar-refractivity contribution >= 4 is 22.8 Å². The second kappa shape index (κ2) is 7.89. The molecular formula is C23H24N2O3. The largest absolute Gasteiger partial charge is 0.480 e. The van der Waals surface area contributed by atoms with Gasteiger partial charge in [0.2, 0.25) is 5.91 Å². The molecule has 1 aliphatic rings. The normalized spacial score (nSPS) is 17.1. The number of hydrogen-bond acceptors (Lipinski definition) is 2. The molecule has 1 aliphatic carbocycles. The maximum atomic E-state index is 12.6. The number of rotatable bonds is 6. The van der Waals surface area contributed by atoms with Crippen LogP contribution >= 0.6 is 0 Å². The van der Waals surface area contributed by atoms with Crippen molar-refractivity contribution in [3.05, 3.63) is 71.4 Å². The molecule has 0 aliphatic heterocycles. The molecule has 0 bridgehead atoms. The molecule has 2 atom stereocenters. The maximum Gasteiger partial charge on any atom is 0.326 e. The Labute approximate surface area is 163 Å². The smallest absolute Gasteiger partial charge is 0.326 e. The van der Waals surface area contributed by atoms with Crippen LogP contribution in [-0.4, -0.2) is 28.0 Å². The van der Waals surface area contributed by atoms with Gasteiger partial charge in [-0.3, -0.25) is 4.79 Å². The number of carboxylic acid groups (broad SMARTS) is 1. The topological polar surface area (TPSA) is 82.2 Å². The van der Waals surface area contributed by atoms with E-state index in [2.05, 4.69) is 22.4 Å². The van der Waals surface area contributed by atoms with Crippen LogP contribution in [0.3, 0.4) is 0 Å². The molecule has 1 aromatic heterocycles. The van der Waals surface area contributed by atoms with E-state index in [1.165, 1.54) is 11.1 Å². The molecule has 0 fully saturated rings. The standard InChI is InChI=1S/C23H24N2O3/c26-22(13-16-8-5-7-15-6-1-2-9-18(15)16)25-21(23(27)28)12-17-14-24-20-11-4-3-10-19(17)20/h1-4,6,9-11,14,16,21,24H,5,7-8,12-13H2,(H,25,26)(H,27,28). The number of aryl methyl sites for hydroxylation is 1. The minimum atomic E-state index is -1.01. The fourth-order valence-electron chi connectivity index (χ4n) is 4.26. The monoisotopic (exact) mass is 376 g/mol. The number of fused-ring (bicyclic) bond motifs is 2. The van der Waals surface area contributed by atoms with E-state index in [1.807, 2.05) is 42.6 Å². The Morgan fingerprint density at radius 3 is 2.79 bits per heavy atom. The Hall–Kier alpha value is -3.08. The Bertz CT molecular complexity index is 1010. The fraction of sp³-hybridized carbons (Fsp3) is 0.304. The zero-order valence-corrected chi connectivity index (χ0v) is 15.7. The second-order valence-electron chi connectivity index (χ2n) is 7.51. The number of carbonyl (C=O) groups is 2. The van der Waals surface area contributed by atoms with Gasteiger partial charge in [0.25, 0.3) is 0 Å². The molecular weight excluding hydrogens is 352 g/mol. The average molecular weight is 376 g/mol. The molecule has 0 radical (unpaired) electrons. The van der Waals surface area contributed by atoms with Gasteiger partial charge in [0, 0.05) is 29.9 Å². The van der Waals surface area contributed by atoms with Gasteiger partial charge in [-0.15, -0.1) is 0 Å². The molecule has 2 aromatic carbocycles. The van der Waals surface area contributed by atoms with Crippen LogP contribution in [0.15, 0.2) is 54.7 Å². The summed E-state index contributed by atoms with van der Waals surface area (Å²) < 4.78 is 0. The summed E-state index contributed by atoms with van der Waals surface area (Å²) in [4.78, 5) is 27.6. The molecule has 28 heavy (non-hydrogen) atoms. The van der Waals surface area contributed by atoms with E-state index in [4.69, 9.17) is 0 Å². The number of aromatic amines is 1. The highest BCUT2D eigenvalue weighted by Crippen LogP contribution is 2.33. The van der Waals surface area contributed by atoms with E-state index < -0.39 is 12.0 Å². The zero-order chi connectivity index (χ0) is 19.5. The molecule has 0 saturated heterocycles. The number of aromatic nitrogens is 1. The number of carbonyl (C=O) groups excluding carboxylic acids is 1. The Morgan fingerprint density at radius 2 is 1.93 bits per heavy atom. The zero-order valence-electron chi connectivity index (χ0n) is 15.7. The second-order valence-corrected chi connectivity index (χ2v) is 7.51. The van der Waals surface area contributed by atoms with E-state index in [1.54, 1.807) is 0 Å². The van der Waals surface area contributed by atoms with Crippen molar-refractivity contribution in [2.24, 2.45) is 0 Å². The summed E-state index contributed by atoms with van der Waals surface area (Å²) in [5.74, 6) is -1.05. The lowest BCUT2D eigenvalue weighted by Gasteiger charge is -2.25. The summed E-state index contributed by atoms with van der Waals surface area (Å²) in [5.41, 5.74) is 4.39. The summed E-state index contributed by atoms with van der Waals surface area (Å²) in [7, 11) is 0. The molecule has 5 heteroatoms. The molecule has 1 heterocycles. The summed E-state index contributed by atoms with van der Waals surface area (Å²) in [6.45, 7) is 0. The first-order valence-corrected chi connectivity index (χ1v) is 9.77. The number of benzene rings is 2. The van der Waals surface area contributed by atoms with Crippen molar-refractivity contribution in [1.82, 2.24) is 10.3 Å². The first-order valence-electron chi connectivity index (χ1n) is 9.77. The minimum absolute atomic E-state index is 0.160. The van der Waals surface area contributed by atoms with Crippen LogP contribution in [0, 0.1) is 0 Å². The highest BCUT2D eigenvalue weighted by molar-refractivity contribution is 5.87. The molecule has 0 saturated carbocycles. The number of H-pyrrole nitrogens is 1. The van der Waals surface area contributed by atoms with Crippen LogP contribution in [0.5, 0.6) is 0 Å². The quantitative estimate of drug-likeness (QED) is 0.612. The van der Waals surface area contributed by atoms with Crippen molar-refractivity contribution in [3.63, 3.8) is 0 Å². The molecule has 1 amide bonds. The molecule has 0 spiro atoms. The molecule has 3 N–H and O–H groups in total. The van der Waals surface area contributed by atoms with Gasteiger partial charge in [0.15, 0.2) is 0 Å². The maximum absolute atomic E-state index is 12.6. The van der Waals surface area contributed by atoms with Crippen LogP contribution in [0.1, 0.15) is 41.9 Å². The van der Waals surface area contributed by atoms with E-state index in [0.717, 1.165) is 35.7 Å². The highest BCUT2D eigenvalue weighted by atomic mass is 16.4. The van der Waals surface area contributed by atoms with Gasteiger partial charge in [-0.2, -0.15) is 0 Å². The number of para-hydroxylation sites is 1. The summed E-state index contributed by atoms with van der Waals surface area (Å²) in [5, 5.41) is 13.4. The Kier molecular flexibility index (Phi) is 5.15. The first kappa shape index (κ1) is 18.3. The Balaban J connectivity index is 1.45. The highest BCUT2D eigenvalue weighted by Gasteiger charge is 2.26. The van der Waals surface area contributed by atoms with E-state index >= 15 is 0 Å². The van der Waals surface area contributed by atoms with Crippen LogP contribution in [-0.2, 0) is 22.4 Å². The van der Waals surface area contributed by atoms with Crippen molar-refractivity contribution in [3.8, 4) is 0 Å². The van der Waals surface area contributed by atoms with Crippen molar-refractivity contribution in [2.45, 2.75) is 44.1 Å². The average Bonchev–Trinajstić information content (AvgIpc) is 3.11. The molecule has 4 rings (SSSR count). The van der Waals surface area contributed by atoms with Crippen molar-refractivity contribution in [2.75, 3.05) is 0 Å². The van der Waals surface area contributed by atoms with Gasteiger partial charge < -0.3 is 15.4 Å². The predicted molar refractivity (Wildman–Crippen MR) is 108 cm³/mol. The SMILES string of the molecule is O=C(CC1CCCc2ccccc21)NC(Cc1c[nH]c2ccccc12)C(=O)O. The van der Waals surface area contributed by atoms with Crippen LogP contribution < -0.4 is 5.32 Å². The van der Waals surface area contributed by atoms with Gasteiger partial charge in [-0.25, -0.2) is 4.79 Å². The third-order valence-corrected chi connectivity index (χ3v) is 5.66. The lowest BCUT2D eigenvalue weighted by atomic mass is 9.81. The third-order valence-electron chi connectivity index (χ3n) is 5.66. The number of aliphatic carboxylic acids is 1. The Morgan fingerprint density at radius 1 is 1.14 bits per heavy atom. The minimum Gasteiger partial charge on any atom is -0.480 e. The van der Waals surface area contributed by atoms with E-state index in [-0.39, 0.29) is 18.2 Å². The van der Waals surface area contributed by atoms with Gasteiger partial charge in [-0.1, -0.05) is 42.5 Å². The number of hydrogen-bond donors (Lipinski definition) is 3. The van der Waals surface area contributed by atoms with Gasteiger partial charge in [-0.05, 0) is 47.9 Å². The lowest BCUT2D eigenvalue weighted by molar-refractivity contribution is -0.141. The predicted octanol–water partition coefficient (Wildman–Crippen LogP) is 3.79. The molecule has 3 aromatic rings. The van der Waals surface area contributed by atoms with Gasteiger partial charge >= 0.3 is 5.97 Å². The van der Waals surface area contributed by atoms with Crippen molar-refractivity contribution in [1.29, 1.82) is 0 Å². The third kappa shape index (κ3) is 3.79. The summed E-state index contributed by atoms with van der Waals surface area (Å²) in [6.07, 6.45) is 5.48. The van der Waals surface area contributed by atoms with E-state index in [0.29, 0.717) is 6.42 Å². The fourth-order valence-corrected chi connectivity index (χ4v) is 4.26. The van der Waals surface area contributed by atoms with E-state index in [9.17, 15) is 14.7 Å². The van der Waals surface area contributed by atoms with Crippen LogP contribution in [0.4, 0.5) is 0 Å². The lowest BCUT2D eigenvalue weighted by Crippen LogP contribution is -2.42.